The van der Waals surface area contributed by atoms with Gasteiger partial charge >= 0.3 is 0 Å². The van der Waals surface area contributed by atoms with Crippen molar-refractivity contribution >= 4 is 5.96 Å². The number of rotatable bonds is 8. The molecule has 0 spiro atoms. The first kappa shape index (κ1) is 14.2. The fraction of sp³-hybridized carbons (Fsp3) is 0.909. The fourth-order valence-corrected chi connectivity index (χ4v) is 1.36. The predicted octanol–water partition coefficient (Wildman–Crippen LogP) is -0.189. The van der Waals surface area contributed by atoms with Gasteiger partial charge in [0.2, 0.25) is 5.96 Å². The zero-order chi connectivity index (χ0) is 12.5. The van der Waals surface area contributed by atoms with Crippen LogP contribution in [0, 0.1) is 5.92 Å². The van der Waals surface area contributed by atoms with Crippen LogP contribution in [0.15, 0.2) is 4.99 Å². The minimum Gasteiger partial charge on any atom is -0.383 e. The lowest BCUT2D eigenvalue weighted by Crippen LogP contribution is -2.44. The zero-order valence-electron chi connectivity index (χ0n) is 10.8. The number of nitrogens with zero attached hydrogens (tertiary/aromatic N) is 2. The predicted molar refractivity (Wildman–Crippen MR) is 67.7 cm³/mol. The smallest absolute Gasteiger partial charge is 0.208 e. The van der Waals surface area contributed by atoms with Gasteiger partial charge in [-0.2, -0.15) is 0 Å². The van der Waals surface area contributed by atoms with Crippen LogP contribution in [-0.4, -0.2) is 57.9 Å². The Morgan fingerprint density at radius 1 is 1.47 bits per heavy atom. The first-order valence-corrected chi connectivity index (χ1v) is 6.06. The largest absolute Gasteiger partial charge is 0.383 e. The zero-order valence-corrected chi connectivity index (χ0v) is 10.8. The highest BCUT2D eigenvalue weighted by Gasteiger charge is 2.21. The molecule has 6 heteroatoms. The SMILES string of the molecule is COCCN=C(NN)N(C)CCOCC1CC1. The van der Waals surface area contributed by atoms with E-state index >= 15 is 0 Å². The Kier molecular flexibility index (Phi) is 6.91. The van der Waals surface area contributed by atoms with E-state index in [1.54, 1.807) is 7.11 Å². The lowest BCUT2D eigenvalue weighted by atomic mass is 10.5. The Morgan fingerprint density at radius 2 is 2.24 bits per heavy atom. The molecule has 0 saturated heterocycles. The van der Waals surface area contributed by atoms with E-state index in [4.69, 9.17) is 15.3 Å². The number of hydrogen-bond acceptors (Lipinski definition) is 4. The summed E-state index contributed by atoms with van der Waals surface area (Å²) >= 11 is 0. The normalized spacial score (nSPS) is 16.1. The summed E-state index contributed by atoms with van der Waals surface area (Å²) in [6.07, 6.45) is 2.65. The van der Waals surface area contributed by atoms with Crippen molar-refractivity contribution in [3.63, 3.8) is 0 Å². The molecule has 1 aliphatic rings. The molecule has 0 amide bonds. The van der Waals surface area contributed by atoms with Crippen LogP contribution in [0.3, 0.4) is 0 Å². The number of ether oxygens (including phenoxy) is 2. The van der Waals surface area contributed by atoms with E-state index < -0.39 is 0 Å². The van der Waals surface area contributed by atoms with Crippen LogP contribution in [0.4, 0.5) is 0 Å². The van der Waals surface area contributed by atoms with Crippen LogP contribution in [0.2, 0.25) is 0 Å². The Balaban J connectivity index is 2.12. The molecule has 1 rings (SSSR count). The van der Waals surface area contributed by atoms with Gasteiger partial charge in [-0.25, -0.2) is 10.8 Å². The summed E-state index contributed by atoms with van der Waals surface area (Å²) in [5.41, 5.74) is 2.59. The van der Waals surface area contributed by atoms with E-state index in [9.17, 15) is 0 Å². The second-order valence-electron chi connectivity index (χ2n) is 4.28. The van der Waals surface area contributed by atoms with Gasteiger partial charge in [-0.15, -0.1) is 0 Å². The number of methoxy groups -OCH3 is 1. The highest BCUT2D eigenvalue weighted by molar-refractivity contribution is 5.79. The standard InChI is InChI=1S/C11H24N4O2/c1-15(6-8-17-9-10-3-4-10)11(14-12)13-5-7-16-2/h10H,3-9,12H2,1-2H3,(H,13,14). The number of guanidine groups is 1. The topological polar surface area (TPSA) is 72.1 Å². The highest BCUT2D eigenvalue weighted by atomic mass is 16.5. The molecule has 0 aromatic heterocycles. The maximum absolute atomic E-state index is 5.56. The Bertz CT molecular complexity index is 232. The average Bonchev–Trinajstić information content (AvgIpc) is 3.14. The van der Waals surface area contributed by atoms with E-state index in [0.717, 1.165) is 19.1 Å². The van der Waals surface area contributed by atoms with Crippen LogP contribution in [0.5, 0.6) is 0 Å². The second kappa shape index (κ2) is 8.27. The third-order valence-electron chi connectivity index (χ3n) is 2.67. The maximum Gasteiger partial charge on any atom is 0.208 e. The summed E-state index contributed by atoms with van der Waals surface area (Å²) in [5, 5.41) is 0. The molecule has 3 N–H and O–H groups in total. The van der Waals surface area contributed by atoms with Gasteiger partial charge in [0.25, 0.3) is 0 Å². The quantitative estimate of drug-likeness (QED) is 0.204. The Labute approximate surface area is 103 Å². The fourth-order valence-electron chi connectivity index (χ4n) is 1.36. The van der Waals surface area contributed by atoms with Crippen molar-refractivity contribution in [3.05, 3.63) is 0 Å². The molecule has 0 bridgehead atoms. The molecule has 0 aromatic rings. The summed E-state index contributed by atoms with van der Waals surface area (Å²) in [4.78, 5) is 6.23. The second-order valence-corrected chi connectivity index (χ2v) is 4.28. The highest BCUT2D eigenvalue weighted by Crippen LogP contribution is 2.28. The molecule has 0 aromatic carbocycles. The minimum absolute atomic E-state index is 0.594. The summed E-state index contributed by atoms with van der Waals surface area (Å²) in [6, 6.07) is 0. The molecule has 0 atom stereocenters. The van der Waals surface area contributed by atoms with Crippen LogP contribution >= 0.6 is 0 Å². The summed E-state index contributed by atoms with van der Waals surface area (Å²) in [7, 11) is 3.59. The summed E-state index contributed by atoms with van der Waals surface area (Å²) < 4.78 is 10.5. The molecule has 100 valence electrons. The van der Waals surface area contributed by atoms with E-state index in [2.05, 4.69) is 10.4 Å². The summed E-state index contributed by atoms with van der Waals surface area (Å²) in [5.74, 6) is 6.89. The van der Waals surface area contributed by atoms with Gasteiger partial charge in [0.05, 0.1) is 19.8 Å². The van der Waals surface area contributed by atoms with Crippen molar-refractivity contribution in [1.29, 1.82) is 0 Å². The van der Waals surface area contributed by atoms with Crippen molar-refractivity contribution in [2.75, 3.05) is 47.1 Å². The Morgan fingerprint density at radius 3 is 2.82 bits per heavy atom. The molecule has 0 unspecified atom stereocenters. The molecule has 1 saturated carbocycles. The summed E-state index contributed by atoms with van der Waals surface area (Å²) in [6.45, 7) is 3.57. The van der Waals surface area contributed by atoms with Gasteiger partial charge in [0.15, 0.2) is 0 Å². The third kappa shape index (κ3) is 6.45. The molecular weight excluding hydrogens is 220 g/mol. The van der Waals surface area contributed by atoms with Crippen LogP contribution in [0.25, 0.3) is 0 Å². The van der Waals surface area contributed by atoms with Crippen molar-refractivity contribution in [2.45, 2.75) is 12.8 Å². The monoisotopic (exact) mass is 244 g/mol. The van der Waals surface area contributed by atoms with Gasteiger partial charge < -0.3 is 14.4 Å². The van der Waals surface area contributed by atoms with E-state index in [1.165, 1.54) is 12.8 Å². The molecule has 1 fully saturated rings. The average molecular weight is 244 g/mol. The molecule has 1 aliphatic carbocycles. The van der Waals surface area contributed by atoms with Crippen LogP contribution in [-0.2, 0) is 9.47 Å². The molecule has 17 heavy (non-hydrogen) atoms. The first-order valence-electron chi connectivity index (χ1n) is 6.06. The van der Waals surface area contributed by atoms with Gasteiger partial charge in [-0.1, -0.05) is 0 Å². The van der Waals surface area contributed by atoms with Crippen molar-refractivity contribution in [3.8, 4) is 0 Å². The maximum atomic E-state index is 5.56. The molecule has 0 aliphatic heterocycles. The molecular formula is C11H24N4O2. The number of nitrogens with two attached hydrogens (primary N) is 1. The number of hydrazine groups is 1. The van der Waals surface area contributed by atoms with E-state index in [0.29, 0.717) is 25.7 Å². The first-order chi connectivity index (χ1) is 8.27. The van der Waals surface area contributed by atoms with Gasteiger partial charge in [-0.3, -0.25) is 5.43 Å². The van der Waals surface area contributed by atoms with Gasteiger partial charge in [-0.05, 0) is 18.8 Å². The van der Waals surface area contributed by atoms with Crippen molar-refractivity contribution < 1.29 is 9.47 Å². The van der Waals surface area contributed by atoms with Crippen molar-refractivity contribution in [2.24, 2.45) is 16.8 Å². The molecule has 6 nitrogen and oxygen atoms in total. The van der Waals surface area contributed by atoms with E-state index in [-0.39, 0.29) is 0 Å². The molecule has 0 radical (unpaired) electrons. The van der Waals surface area contributed by atoms with Gasteiger partial charge in [0.1, 0.15) is 0 Å². The number of hydrogen-bond donors (Lipinski definition) is 2. The number of likely N-dealkylation sites (N-methyl/N-ethyl adjacent to an activating group) is 1. The third-order valence-corrected chi connectivity index (χ3v) is 2.67. The lowest BCUT2D eigenvalue weighted by molar-refractivity contribution is 0.115. The molecule has 0 heterocycles. The number of aliphatic imine (C=N–C) groups is 1. The van der Waals surface area contributed by atoms with Crippen LogP contribution < -0.4 is 11.3 Å². The minimum atomic E-state index is 0.594. The van der Waals surface area contributed by atoms with Crippen molar-refractivity contribution in [1.82, 2.24) is 10.3 Å². The van der Waals surface area contributed by atoms with E-state index in [1.807, 2.05) is 11.9 Å². The van der Waals surface area contributed by atoms with Gasteiger partial charge in [0, 0.05) is 27.3 Å². The lowest BCUT2D eigenvalue weighted by Gasteiger charge is -2.20. The van der Waals surface area contributed by atoms with Crippen LogP contribution in [0.1, 0.15) is 12.8 Å². The Hall–Kier alpha value is -0.850. The number of nitrogens with one attached hydrogen (secondary N) is 1.